The highest BCUT2D eigenvalue weighted by molar-refractivity contribution is 5.84. The largest absolute Gasteiger partial charge is 0.381 e. The lowest BCUT2D eigenvalue weighted by molar-refractivity contribution is -0.123. The highest BCUT2D eigenvalue weighted by atomic mass is 16.5. The van der Waals surface area contributed by atoms with Crippen LogP contribution in [0.1, 0.15) is 53.4 Å². The van der Waals surface area contributed by atoms with Gasteiger partial charge in [-0.2, -0.15) is 0 Å². The van der Waals surface area contributed by atoms with Gasteiger partial charge in [0.05, 0.1) is 11.7 Å². The topological polar surface area (TPSA) is 50.8 Å². The molecule has 152 valence electrons. The molecule has 1 spiro atoms. The molecule has 5 rings (SSSR count). The molecule has 4 aliphatic heterocycles. The summed E-state index contributed by atoms with van der Waals surface area (Å²) in [5, 5.41) is 3.33. The Bertz CT molecular complexity index is 613. The number of ether oxygens (including phenoxy) is 2. The molecule has 5 nitrogen and oxygen atoms in total. The maximum Gasteiger partial charge on any atom is 0.224 e. The summed E-state index contributed by atoms with van der Waals surface area (Å²) >= 11 is 0. The van der Waals surface area contributed by atoms with Crippen LogP contribution in [0.15, 0.2) is 0 Å². The van der Waals surface area contributed by atoms with Crippen molar-refractivity contribution >= 4 is 5.91 Å². The predicted octanol–water partition coefficient (Wildman–Crippen LogP) is 2.44. The van der Waals surface area contributed by atoms with Crippen molar-refractivity contribution < 1.29 is 14.3 Å². The zero-order valence-electron chi connectivity index (χ0n) is 17.4. The van der Waals surface area contributed by atoms with E-state index in [9.17, 15) is 4.79 Å². The van der Waals surface area contributed by atoms with Gasteiger partial charge in [-0.1, -0.05) is 27.7 Å². The Morgan fingerprint density at radius 3 is 2.48 bits per heavy atom. The second-order valence-electron chi connectivity index (χ2n) is 10.9. The second-order valence-corrected chi connectivity index (χ2v) is 10.9. The lowest BCUT2D eigenvalue weighted by atomic mass is 9.73. The first-order valence-electron chi connectivity index (χ1n) is 11.0. The summed E-state index contributed by atoms with van der Waals surface area (Å²) in [5.74, 6) is 1.46. The molecule has 1 N–H and O–H groups in total. The van der Waals surface area contributed by atoms with E-state index in [0.717, 1.165) is 45.7 Å². The van der Waals surface area contributed by atoms with E-state index in [4.69, 9.17) is 9.47 Å². The Balaban J connectivity index is 1.23. The van der Waals surface area contributed by atoms with Crippen molar-refractivity contribution in [3.05, 3.63) is 0 Å². The Morgan fingerprint density at radius 1 is 1.11 bits per heavy atom. The Morgan fingerprint density at radius 2 is 1.81 bits per heavy atom. The molecule has 1 amide bonds. The van der Waals surface area contributed by atoms with E-state index in [1.807, 2.05) is 0 Å². The second kappa shape index (κ2) is 5.93. The molecule has 0 aromatic carbocycles. The first-order chi connectivity index (χ1) is 12.8. The molecule has 1 aliphatic carbocycles. The van der Waals surface area contributed by atoms with E-state index in [-0.39, 0.29) is 28.3 Å². The summed E-state index contributed by atoms with van der Waals surface area (Å²) in [5.41, 5.74) is 0.282. The molecule has 5 heteroatoms. The van der Waals surface area contributed by atoms with Crippen molar-refractivity contribution in [3.8, 4) is 0 Å². The van der Waals surface area contributed by atoms with Gasteiger partial charge in [-0.15, -0.1) is 0 Å². The molecule has 1 saturated carbocycles. The minimum Gasteiger partial charge on any atom is -0.381 e. The van der Waals surface area contributed by atoms with E-state index in [0.29, 0.717) is 24.0 Å². The molecule has 0 radical (unpaired) electrons. The van der Waals surface area contributed by atoms with Crippen LogP contribution >= 0.6 is 0 Å². The van der Waals surface area contributed by atoms with Crippen LogP contribution in [0.5, 0.6) is 0 Å². The third kappa shape index (κ3) is 2.57. The van der Waals surface area contributed by atoms with Gasteiger partial charge in [0.25, 0.3) is 0 Å². The van der Waals surface area contributed by atoms with Crippen LogP contribution < -0.4 is 5.32 Å². The summed E-state index contributed by atoms with van der Waals surface area (Å²) in [6.07, 6.45) is 5.03. The molecule has 2 bridgehead atoms. The van der Waals surface area contributed by atoms with E-state index >= 15 is 0 Å². The molecule has 0 aromatic heterocycles. The summed E-state index contributed by atoms with van der Waals surface area (Å²) in [4.78, 5) is 15.5. The third-order valence-corrected chi connectivity index (χ3v) is 9.31. The van der Waals surface area contributed by atoms with Gasteiger partial charge in [0.2, 0.25) is 5.91 Å². The number of amides is 1. The molecule has 5 aliphatic rings. The summed E-state index contributed by atoms with van der Waals surface area (Å²) in [6.45, 7) is 13.7. The average molecular weight is 377 g/mol. The number of carbonyl (C=O) groups is 1. The number of nitrogens with zero attached hydrogens (tertiary/aromatic N) is 1. The number of fused-ring (bicyclic) bond motifs is 1. The van der Waals surface area contributed by atoms with Crippen molar-refractivity contribution in [2.75, 3.05) is 32.8 Å². The van der Waals surface area contributed by atoms with Crippen molar-refractivity contribution in [2.45, 2.75) is 71.1 Å². The van der Waals surface area contributed by atoms with Crippen molar-refractivity contribution in [1.82, 2.24) is 10.2 Å². The van der Waals surface area contributed by atoms with Crippen LogP contribution in [0, 0.1) is 28.6 Å². The van der Waals surface area contributed by atoms with Crippen LogP contribution in [-0.4, -0.2) is 61.4 Å². The Kier molecular flexibility index (Phi) is 4.04. The number of hydrogen-bond acceptors (Lipinski definition) is 4. The normalized spacial score (nSPS) is 43.0. The van der Waals surface area contributed by atoms with Crippen molar-refractivity contribution in [3.63, 3.8) is 0 Å². The highest BCUT2D eigenvalue weighted by Crippen LogP contribution is 2.68. The van der Waals surface area contributed by atoms with Gasteiger partial charge in [-0.3, -0.25) is 9.69 Å². The number of nitrogens with one attached hydrogen (secondary N) is 1. The van der Waals surface area contributed by atoms with Gasteiger partial charge in [-0.05, 0) is 36.5 Å². The van der Waals surface area contributed by atoms with Crippen LogP contribution in [0.3, 0.4) is 0 Å². The van der Waals surface area contributed by atoms with Crippen LogP contribution in [0.2, 0.25) is 0 Å². The van der Waals surface area contributed by atoms with E-state index in [1.54, 1.807) is 0 Å². The molecule has 0 unspecified atom stereocenters. The zero-order valence-corrected chi connectivity index (χ0v) is 17.4. The number of hydrogen-bond donors (Lipinski definition) is 1. The van der Waals surface area contributed by atoms with Crippen molar-refractivity contribution in [1.29, 1.82) is 0 Å². The number of rotatable bonds is 4. The quantitative estimate of drug-likeness (QED) is 0.819. The maximum atomic E-state index is 12.8. The first-order valence-corrected chi connectivity index (χ1v) is 11.0. The van der Waals surface area contributed by atoms with E-state index in [1.165, 1.54) is 12.8 Å². The van der Waals surface area contributed by atoms with Crippen molar-refractivity contribution in [2.24, 2.45) is 28.6 Å². The van der Waals surface area contributed by atoms with Crippen LogP contribution in [0.4, 0.5) is 0 Å². The molecule has 4 atom stereocenters. The van der Waals surface area contributed by atoms with Gasteiger partial charge in [0.1, 0.15) is 0 Å². The monoisotopic (exact) mass is 376 g/mol. The SMILES string of the molecule is CC1(C)C(C(=O)NC[C@H]2[C@H]3CN(C4CCOCC4)C[C@]34CC[C@H]2O4)C1(C)C. The zero-order chi connectivity index (χ0) is 19.0. The molecule has 0 aromatic rings. The molecule has 5 fully saturated rings. The molecule has 4 saturated heterocycles. The fourth-order valence-corrected chi connectivity index (χ4v) is 7.00. The first kappa shape index (κ1) is 18.4. The van der Waals surface area contributed by atoms with E-state index < -0.39 is 0 Å². The average Bonchev–Trinajstić information content (AvgIpc) is 3.11. The molecular weight excluding hydrogens is 340 g/mol. The van der Waals surface area contributed by atoms with Crippen LogP contribution in [0.25, 0.3) is 0 Å². The fourth-order valence-electron chi connectivity index (χ4n) is 7.00. The molecule has 4 heterocycles. The summed E-state index contributed by atoms with van der Waals surface area (Å²) < 4.78 is 12.1. The van der Waals surface area contributed by atoms with E-state index in [2.05, 4.69) is 37.9 Å². The fraction of sp³-hybridized carbons (Fsp3) is 0.955. The summed E-state index contributed by atoms with van der Waals surface area (Å²) in [6, 6.07) is 0.657. The Labute approximate surface area is 163 Å². The Hall–Kier alpha value is -0.650. The lowest BCUT2D eigenvalue weighted by Gasteiger charge is -2.32. The standard InChI is InChI=1S/C22H36N2O3/c1-20(2)18(21(20,3)4)19(25)23-11-15-16-12-24(14-6-9-26-10-7-14)13-22(16)8-5-17(15)27-22/h14-18H,5-13H2,1-4H3,(H,23,25)/t15-,16+,17+,22+/m0/s1. The number of carbonyl (C=O) groups excluding carboxylic acids is 1. The maximum absolute atomic E-state index is 12.8. The number of likely N-dealkylation sites (tertiary alicyclic amines) is 1. The molecular formula is C22H36N2O3. The van der Waals surface area contributed by atoms with Gasteiger partial charge in [0.15, 0.2) is 0 Å². The highest BCUT2D eigenvalue weighted by Gasteiger charge is 2.68. The van der Waals surface area contributed by atoms with Crippen LogP contribution in [-0.2, 0) is 14.3 Å². The minimum atomic E-state index is 0.0660. The summed E-state index contributed by atoms with van der Waals surface area (Å²) in [7, 11) is 0. The molecule has 27 heavy (non-hydrogen) atoms. The predicted molar refractivity (Wildman–Crippen MR) is 103 cm³/mol. The van der Waals surface area contributed by atoms with Gasteiger partial charge < -0.3 is 14.8 Å². The third-order valence-electron chi connectivity index (χ3n) is 9.31. The van der Waals surface area contributed by atoms with Gasteiger partial charge >= 0.3 is 0 Å². The van der Waals surface area contributed by atoms with Gasteiger partial charge in [0, 0.05) is 56.6 Å². The lowest BCUT2D eigenvalue weighted by Crippen LogP contribution is -2.42. The minimum absolute atomic E-state index is 0.0660. The smallest absolute Gasteiger partial charge is 0.224 e. The van der Waals surface area contributed by atoms with Gasteiger partial charge in [-0.25, -0.2) is 0 Å².